The number of hydrogen-bond acceptors (Lipinski definition) is 1. The highest BCUT2D eigenvalue weighted by Gasteiger charge is 2.37. The first-order valence-electron chi connectivity index (χ1n) is 4.17. The quantitative estimate of drug-likeness (QED) is 0.711. The third-order valence-electron chi connectivity index (χ3n) is 2.43. The van der Waals surface area contributed by atoms with E-state index in [-0.39, 0.29) is 12.4 Å². The molecular weight excluding hydrogens is 155 g/mol. The van der Waals surface area contributed by atoms with Gasteiger partial charge in [-0.15, -0.1) is 0 Å². The Morgan fingerprint density at radius 3 is 2.92 bits per heavy atom. The van der Waals surface area contributed by atoms with Gasteiger partial charge in [0.15, 0.2) is 0 Å². The Morgan fingerprint density at radius 2 is 2.33 bits per heavy atom. The second-order valence-corrected chi connectivity index (χ2v) is 3.34. The largest absolute Gasteiger partial charge is 0.396 e. The summed E-state index contributed by atoms with van der Waals surface area (Å²) in [6.07, 6.45) is 1.000. The molecule has 2 heteroatoms. The monoisotopic (exact) mass is 166 g/mol. The van der Waals surface area contributed by atoms with Crippen molar-refractivity contribution in [2.75, 3.05) is 6.61 Å². The van der Waals surface area contributed by atoms with E-state index in [9.17, 15) is 4.39 Å². The SMILES string of the molecule is OC[C@@H]1C[C@H]1c1cccc(F)c1. The van der Waals surface area contributed by atoms with Crippen molar-refractivity contribution in [1.82, 2.24) is 0 Å². The molecule has 1 N–H and O–H groups in total. The summed E-state index contributed by atoms with van der Waals surface area (Å²) in [7, 11) is 0. The Balaban J connectivity index is 2.14. The van der Waals surface area contributed by atoms with E-state index in [2.05, 4.69) is 0 Å². The first-order valence-corrected chi connectivity index (χ1v) is 4.17. The first kappa shape index (κ1) is 7.74. The van der Waals surface area contributed by atoms with Crippen molar-refractivity contribution >= 4 is 0 Å². The summed E-state index contributed by atoms with van der Waals surface area (Å²) in [6.45, 7) is 0.223. The molecule has 0 unspecified atom stereocenters. The van der Waals surface area contributed by atoms with Crippen LogP contribution in [-0.4, -0.2) is 11.7 Å². The minimum atomic E-state index is -0.184. The van der Waals surface area contributed by atoms with Crippen LogP contribution >= 0.6 is 0 Å². The summed E-state index contributed by atoms with van der Waals surface area (Å²) in [5.41, 5.74) is 1.02. The summed E-state index contributed by atoms with van der Waals surface area (Å²) in [6, 6.07) is 6.64. The molecule has 2 atom stereocenters. The second kappa shape index (κ2) is 2.87. The predicted molar refractivity (Wildman–Crippen MR) is 44.3 cm³/mol. The zero-order chi connectivity index (χ0) is 8.55. The summed E-state index contributed by atoms with van der Waals surface area (Å²) >= 11 is 0. The van der Waals surface area contributed by atoms with Gasteiger partial charge >= 0.3 is 0 Å². The zero-order valence-electron chi connectivity index (χ0n) is 6.70. The van der Waals surface area contributed by atoms with Gasteiger partial charge < -0.3 is 5.11 Å². The van der Waals surface area contributed by atoms with E-state index in [1.807, 2.05) is 6.07 Å². The van der Waals surface area contributed by atoms with Gasteiger partial charge in [-0.2, -0.15) is 0 Å². The van der Waals surface area contributed by atoms with Crippen LogP contribution in [0.4, 0.5) is 4.39 Å². The number of rotatable bonds is 2. The molecule has 1 aliphatic carbocycles. The summed E-state index contributed by atoms with van der Waals surface area (Å²) in [5, 5.41) is 8.81. The molecule has 1 fully saturated rings. The number of halogens is 1. The number of aliphatic hydroxyl groups excluding tert-OH is 1. The lowest BCUT2D eigenvalue weighted by Crippen LogP contribution is -1.88. The molecule has 0 bridgehead atoms. The highest BCUT2D eigenvalue weighted by molar-refractivity contribution is 5.26. The van der Waals surface area contributed by atoms with Gasteiger partial charge in [0.1, 0.15) is 5.82 Å². The lowest BCUT2D eigenvalue weighted by atomic mass is 10.1. The molecule has 0 aliphatic heterocycles. The zero-order valence-corrected chi connectivity index (χ0v) is 6.70. The van der Waals surface area contributed by atoms with E-state index in [0.717, 1.165) is 12.0 Å². The molecule has 0 spiro atoms. The van der Waals surface area contributed by atoms with E-state index in [0.29, 0.717) is 11.8 Å². The molecule has 1 nitrogen and oxygen atoms in total. The molecule has 1 aliphatic rings. The predicted octanol–water partition coefficient (Wildman–Crippen LogP) is 1.92. The summed E-state index contributed by atoms with van der Waals surface area (Å²) < 4.78 is 12.7. The fourth-order valence-corrected chi connectivity index (χ4v) is 1.59. The molecule has 12 heavy (non-hydrogen) atoms. The first-order chi connectivity index (χ1) is 5.81. The molecule has 0 amide bonds. The van der Waals surface area contributed by atoms with Gasteiger partial charge in [-0.05, 0) is 36.0 Å². The highest BCUT2D eigenvalue weighted by atomic mass is 19.1. The van der Waals surface area contributed by atoms with Crippen molar-refractivity contribution in [1.29, 1.82) is 0 Å². The third kappa shape index (κ3) is 1.34. The Hall–Kier alpha value is -0.890. The van der Waals surface area contributed by atoms with Crippen LogP contribution < -0.4 is 0 Å². The van der Waals surface area contributed by atoms with E-state index in [1.54, 1.807) is 12.1 Å². The smallest absolute Gasteiger partial charge is 0.123 e. The maximum atomic E-state index is 12.7. The summed E-state index contributed by atoms with van der Waals surface area (Å²) in [4.78, 5) is 0. The molecule has 2 rings (SSSR count). The van der Waals surface area contributed by atoms with Crippen molar-refractivity contribution in [3.63, 3.8) is 0 Å². The Kier molecular flexibility index (Phi) is 1.85. The van der Waals surface area contributed by atoms with Gasteiger partial charge in [-0.1, -0.05) is 12.1 Å². The van der Waals surface area contributed by atoms with Gasteiger partial charge in [0, 0.05) is 6.61 Å². The van der Waals surface area contributed by atoms with Gasteiger partial charge in [0.25, 0.3) is 0 Å². The van der Waals surface area contributed by atoms with Crippen LogP contribution in [0.2, 0.25) is 0 Å². The van der Waals surface area contributed by atoms with Gasteiger partial charge in [0.2, 0.25) is 0 Å². The standard InChI is InChI=1S/C10H11FO/c11-9-3-1-2-7(4-9)10-5-8(10)6-12/h1-4,8,10,12H,5-6H2/t8-,10-/m0/s1. The minimum Gasteiger partial charge on any atom is -0.396 e. The van der Waals surface area contributed by atoms with Crippen molar-refractivity contribution < 1.29 is 9.50 Å². The Bertz CT molecular complexity index is 285. The fourth-order valence-electron chi connectivity index (χ4n) is 1.59. The lowest BCUT2D eigenvalue weighted by Gasteiger charge is -1.97. The molecule has 1 saturated carbocycles. The minimum absolute atomic E-state index is 0.184. The molecule has 0 radical (unpaired) electrons. The highest BCUT2D eigenvalue weighted by Crippen LogP contribution is 2.46. The van der Waals surface area contributed by atoms with Crippen molar-refractivity contribution in [2.45, 2.75) is 12.3 Å². The average Bonchev–Trinajstić information content (AvgIpc) is 2.83. The number of aliphatic hydroxyl groups is 1. The normalized spacial score (nSPS) is 27.2. The average molecular weight is 166 g/mol. The van der Waals surface area contributed by atoms with Gasteiger partial charge in [-0.25, -0.2) is 4.39 Å². The van der Waals surface area contributed by atoms with Crippen LogP contribution in [0.5, 0.6) is 0 Å². The lowest BCUT2D eigenvalue weighted by molar-refractivity contribution is 0.274. The Labute approximate surface area is 70.8 Å². The second-order valence-electron chi connectivity index (χ2n) is 3.34. The molecule has 1 aromatic carbocycles. The Morgan fingerprint density at radius 1 is 1.50 bits per heavy atom. The topological polar surface area (TPSA) is 20.2 Å². The van der Waals surface area contributed by atoms with Crippen molar-refractivity contribution in [2.24, 2.45) is 5.92 Å². The maximum absolute atomic E-state index is 12.7. The van der Waals surface area contributed by atoms with Crippen LogP contribution in [0.1, 0.15) is 17.9 Å². The molecule has 0 aromatic heterocycles. The van der Waals surface area contributed by atoms with E-state index >= 15 is 0 Å². The van der Waals surface area contributed by atoms with Crippen molar-refractivity contribution in [3.8, 4) is 0 Å². The van der Waals surface area contributed by atoms with Crippen LogP contribution in [0.15, 0.2) is 24.3 Å². The van der Waals surface area contributed by atoms with Gasteiger partial charge in [-0.3, -0.25) is 0 Å². The van der Waals surface area contributed by atoms with Crippen LogP contribution in [0.3, 0.4) is 0 Å². The summed E-state index contributed by atoms with van der Waals surface area (Å²) in [5.74, 6) is 0.577. The fraction of sp³-hybridized carbons (Fsp3) is 0.400. The number of benzene rings is 1. The van der Waals surface area contributed by atoms with Crippen LogP contribution in [-0.2, 0) is 0 Å². The van der Waals surface area contributed by atoms with E-state index in [1.165, 1.54) is 6.07 Å². The third-order valence-corrected chi connectivity index (χ3v) is 2.43. The molecule has 0 heterocycles. The molecule has 64 valence electrons. The molecular formula is C10H11FO. The van der Waals surface area contributed by atoms with Crippen molar-refractivity contribution in [3.05, 3.63) is 35.6 Å². The van der Waals surface area contributed by atoms with Crippen LogP contribution in [0, 0.1) is 11.7 Å². The number of hydrogen-bond donors (Lipinski definition) is 1. The van der Waals surface area contributed by atoms with E-state index < -0.39 is 0 Å². The maximum Gasteiger partial charge on any atom is 0.123 e. The van der Waals surface area contributed by atoms with Gasteiger partial charge in [0.05, 0.1) is 0 Å². The molecule has 1 aromatic rings. The van der Waals surface area contributed by atoms with Crippen LogP contribution in [0.25, 0.3) is 0 Å². The van der Waals surface area contributed by atoms with E-state index in [4.69, 9.17) is 5.11 Å². The molecule has 0 saturated heterocycles.